The van der Waals surface area contributed by atoms with Crippen LogP contribution >= 0.6 is 24.8 Å². The Morgan fingerprint density at radius 1 is 1.26 bits per heavy atom. The van der Waals surface area contributed by atoms with E-state index in [0.29, 0.717) is 37.9 Å². The van der Waals surface area contributed by atoms with Crippen LogP contribution < -0.4 is 20.1 Å². The maximum atomic E-state index is 12.1. The maximum absolute atomic E-state index is 12.1. The van der Waals surface area contributed by atoms with E-state index in [4.69, 9.17) is 14.2 Å². The molecule has 1 fully saturated rings. The molecule has 7 nitrogen and oxygen atoms in total. The number of nitrogens with one attached hydrogen (secondary N) is 2. The molecule has 2 aromatic rings. The van der Waals surface area contributed by atoms with E-state index in [1.807, 2.05) is 30.3 Å². The van der Waals surface area contributed by atoms with Crippen LogP contribution in [0.4, 0.5) is 0 Å². The summed E-state index contributed by atoms with van der Waals surface area (Å²) in [5.41, 5.74) is 0.906. The first-order chi connectivity index (χ1) is 12.2. The van der Waals surface area contributed by atoms with E-state index >= 15 is 0 Å². The number of aromatic nitrogens is 1. The first kappa shape index (κ1) is 23.0. The first-order valence-corrected chi connectivity index (χ1v) is 8.10. The number of amides is 1. The predicted octanol–water partition coefficient (Wildman–Crippen LogP) is 2.33. The van der Waals surface area contributed by atoms with Crippen LogP contribution in [0.15, 0.2) is 42.6 Å². The molecule has 1 aliphatic rings. The Balaban J connectivity index is 0.00000182. The van der Waals surface area contributed by atoms with Gasteiger partial charge in [0.15, 0.2) is 0 Å². The summed E-state index contributed by atoms with van der Waals surface area (Å²) in [5, 5.41) is 6.02. The van der Waals surface area contributed by atoms with Gasteiger partial charge in [0.25, 0.3) is 0 Å². The summed E-state index contributed by atoms with van der Waals surface area (Å²) in [6.07, 6.45) is 1.66. The average Bonchev–Trinajstić information content (AvgIpc) is 2.68. The predicted molar refractivity (Wildman–Crippen MR) is 106 cm³/mol. The zero-order valence-electron chi connectivity index (χ0n) is 14.8. The Kier molecular flexibility index (Phi) is 9.88. The number of hydrogen-bond acceptors (Lipinski definition) is 6. The molecular formula is C18H23Cl2N3O4. The van der Waals surface area contributed by atoms with Gasteiger partial charge >= 0.3 is 0 Å². The highest BCUT2D eigenvalue weighted by Gasteiger charge is 2.20. The lowest BCUT2D eigenvalue weighted by atomic mass is 10.2. The summed E-state index contributed by atoms with van der Waals surface area (Å²) >= 11 is 0. The zero-order valence-corrected chi connectivity index (χ0v) is 16.5. The molecule has 0 aliphatic carbocycles. The van der Waals surface area contributed by atoms with Gasteiger partial charge in [0.1, 0.15) is 17.5 Å². The molecule has 1 atom stereocenters. The van der Waals surface area contributed by atoms with E-state index in [0.717, 1.165) is 11.3 Å². The number of carbonyl (C=O) groups is 1. The third-order valence-electron chi connectivity index (χ3n) is 3.79. The van der Waals surface area contributed by atoms with Crippen molar-refractivity contribution in [3.63, 3.8) is 0 Å². The second-order valence-corrected chi connectivity index (χ2v) is 5.58. The smallest absolute Gasteiger partial charge is 0.239 e. The van der Waals surface area contributed by atoms with Crippen molar-refractivity contribution in [3.8, 4) is 17.4 Å². The Labute approximate surface area is 170 Å². The lowest BCUT2D eigenvalue weighted by Gasteiger charge is -2.22. The Morgan fingerprint density at radius 3 is 2.67 bits per heavy atom. The van der Waals surface area contributed by atoms with E-state index in [1.54, 1.807) is 19.4 Å². The number of morpholine rings is 1. The Hall–Kier alpha value is -2.06. The summed E-state index contributed by atoms with van der Waals surface area (Å²) in [6.45, 7) is 2.12. The molecule has 148 valence electrons. The van der Waals surface area contributed by atoms with E-state index in [-0.39, 0.29) is 36.8 Å². The highest BCUT2D eigenvalue weighted by atomic mass is 35.5. The summed E-state index contributed by atoms with van der Waals surface area (Å²) in [4.78, 5) is 16.3. The number of halogens is 2. The minimum Gasteiger partial charge on any atom is -0.497 e. The van der Waals surface area contributed by atoms with Gasteiger partial charge in [-0.3, -0.25) is 4.79 Å². The molecule has 0 spiro atoms. The number of benzene rings is 1. The van der Waals surface area contributed by atoms with Gasteiger partial charge in [0.2, 0.25) is 11.8 Å². The van der Waals surface area contributed by atoms with Crippen LogP contribution in [0.3, 0.4) is 0 Å². The number of methoxy groups -OCH3 is 1. The van der Waals surface area contributed by atoms with Gasteiger partial charge < -0.3 is 24.8 Å². The van der Waals surface area contributed by atoms with Crippen molar-refractivity contribution in [2.24, 2.45) is 0 Å². The van der Waals surface area contributed by atoms with Gasteiger partial charge in [-0.05, 0) is 35.9 Å². The molecule has 0 saturated carbocycles. The van der Waals surface area contributed by atoms with Crippen molar-refractivity contribution in [1.82, 2.24) is 15.6 Å². The van der Waals surface area contributed by atoms with Crippen LogP contribution in [0.25, 0.3) is 0 Å². The van der Waals surface area contributed by atoms with E-state index < -0.39 is 0 Å². The molecule has 2 N–H and O–H groups in total. The number of ether oxygens (including phenoxy) is 3. The lowest BCUT2D eigenvalue weighted by molar-refractivity contribution is -0.126. The summed E-state index contributed by atoms with van der Waals surface area (Å²) < 4.78 is 16.1. The number of nitrogens with zero attached hydrogens (tertiary/aromatic N) is 1. The molecule has 1 saturated heterocycles. The molecule has 1 aromatic heterocycles. The van der Waals surface area contributed by atoms with Crippen LogP contribution in [0.5, 0.6) is 17.4 Å². The van der Waals surface area contributed by atoms with Gasteiger partial charge in [-0.15, -0.1) is 24.8 Å². The first-order valence-electron chi connectivity index (χ1n) is 8.10. The second-order valence-electron chi connectivity index (χ2n) is 5.58. The standard InChI is InChI=1S/C18H21N3O4.2ClH/c1-23-14-2-4-15(5-3-14)25-17-10-13(6-7-20-17)11-21-18(22)16-12-24-9-8-19-16;;/h2-7,10,16,19H,8-9,11-12H2,1H3,(H,21,22);2*1H. The SMILES string of the molecule is COc1ccc(Oc2cc(CNC(=O)C3COCCN3)ccn2)cc1.Cl.Cl. The summed E-state index contributed by atoms with van der Waals surface area (Å²) in [7, 11) is 1.62. The third-order valence-corrected chi connectivity index (χ3v) is 3.79. The molecule has 0 radical (unpaired) electrons. The van der Waals surface area contributed by atoms with Gasteiger partial charge in [0, 0.05) is 25.4 Å². The topological polar surface area (TPSA) is 81.7 Å². The molecular weight excluding hydrogens is 393 g/mol. The number of pyridine rings is 1. The summed E-state index contributed by atoms with van der Waals surface area (Å²) in [5.74, 6) is 1.82. The highest BCUT2D eigenvalue weighted by Crippen LogP contribution is 2.22. The molecule has 1 unspecified atom stereocenters. The molecule has 27 heavy (non-hydrogen) atoms. The number of rotatable bonds is 6. The molecule has 1 amide bonds. The largest absolute Gasteiger partial charge is 0.497 e. The fourth-order valence-corrected chi connectivity index (χ4v) is 2.43. The van der Waals surface area contributed by atoms with Gasteiger partial charge in [0.05, 0.1) is 20.3 Å². The average molecular weight is 416 g/mol. The Bertz CT molecular complexity index is 710. The number of carbonyl (C=O) groups excluding carboxylic acids is 1. The Morgan fingerprint density at radius 2 is 2.00 bits per heavy atom. The van der Waals surface area contributed by atoms with Crippen molar-refractivity contribution < 1.29 is 19.0 Å². The fourth-order valence-electron chi connectivity index (χ4n) is 2.43. The highest BCUT2D eigenvalue weighted by molar-refractivity contribution is 5.85. The lowest BCUT2D eigenvalue weighted by Crippen LogP contribution is -2.51. The van der Waals surface area contributed by atoms with Crippen LogP contribution in [-0.4, -0.2) is 43.8 Å². The van der Waals surface area contributed by atoms with Crippen LogP contribution in [0.2, 0.25) is 0 Å². The third kappa shape index (κ3) is 6.88. The maximum Gasteiger partial charge on any atom is 0.239 e. The van der Waals surface area contributed by atoms with Crippen molar-refractivity contribution in [1.29, 1.82) is 0 Å². The van der Waals surface area contributed by atoms with E-state index in [9.17, 15) is 4.79 Å². The quantitative estimate of drug-likeness (QED) is 0.753. The van der Waals surface area contributed by atoms with Crippen molar-refractivity contribution in [3.05, 3.63) is 48.2 Å². The van der Waals surface area contributed by atoms with E-state index in [2.05, 4.69) is 15.6 Å². The fraction of sp³-hybridized carbons (Fsp3) is 0.333. The van der Waals surface area contributed by atoms with Crippen molar-refractivity contribution in [2.45, 2.75) is 12.6 Å². The molecule has 2 heterocycles. The monoisotopic (exact) mass is 415 g/mol. The van der Waals surface area contributed by atoms with Gasteiger partial charge in [-0.1, -0.05) is 0 Å². The molecule has 9 heteroatoms. The van der Waals surface area contributed by atoms with Crippen LogP contribution in [0.1, 0.15) is 5.56 Å². The molecule has 1 aliphatic heterocycles. The molecule has 3 rings (SSSR count). The molecule has 0 bridgehead atoms. The van der Waals surface area contributed by atoms with Crippen molar-refractivity contribution in [2.75, 3.05) is 26.9 Å². The van der Waals surface area contributed by atoms with Crippen LogP contribution in [0, 0.1) is 0 Å². The van der Waals surface area contributed by atoms with E-state index in [1.165, 1.54) is 0 Å². The van der Waals surface area contributed by atoms with Gasteiger partial charge in [-0.2, -0.15) is 0 Å². The van der Waals surface area contributed by atoms with Crippen molar-refractivity contribution >= 4 is 30.7 Å². The normalized spacial score (nSPS) is 15.7. The molecule has 1 aromatic carbocycles. The minimum atomic E-state index is -0.300. The minimum absolute atomic E-state index is 0. The second kappa shape index (κ2) is 11.6. The van der Waals surface area contributed by atoms with Crippen LogP contribution in [-0.2, 0) is 16.1 Å². The number of hydrogen-bond donors (Lipinski definition) is 2. The summed E-state index contributed by atoms with van der Waals surface area (Å²) in [6, 6.07) is 10.6. The zero-order chi connectivity index (χ0) is 17.5. The van der Waals surface area contributed by atoms with Gasteiger partial charge in [-0.25, -0.2) is 4.98 Å².